The van der Waals surface area contributed by atoms with E-state index in [1.807, 2.05) is 31.3 Å². The quantitative estimate of drug-likeness (QED) is 0.351. The molecule has 0 aliphatic carbocycles. The van der Waals surface area contributed by atoms with E-state index in [1.165, 1.54) is 24.6 Å². The zero-order valence-corrected chi connectivity index (χ0v) is 18.6. The zero-order chi connectivity index (χ0) is 19.3. The topological polar surface area (TPSA) is 70.4 Å². The third kappa shape index (κ3) is 6.83. The summed E-state index contributed by atoms with van der Waals surface area (Å²) in [6.07, 6.45) is -3.17. The molecule has 0 radical (unpaired) electrons. The SMILES string of the molecule is CCNC(=NCc1cn(C)nc1C(F)(F)F)NCc1csc(N(C)C)n1.I. The lowest BCUT2D eigenvalue weighted by Crippen LogP contribution is -2.36. The molecule has 0 unspecified atom stereocenters. The van der Waals surface area contributed by atoms with Crippen molar-refractivity contribution < 1.29 is 13.2 Å². The first kappa shape index (κ1) is 23.5. The van der Waals surface area contributed by atoms with Gasteiger partial charge in [0.2, 0.25) is 0 Å². The highest BCUT2D eigenvalue weighted by atomic mass is 127. The first-order valence-corrected chi connectivity index (χ1v) is 8.82. The van der Waals surface area contributed by atoms with Crippen molar-refractivity contribution >= 4 is 46.4 Å². The molecule has 0 saturated heterocycles. The second kappa shape index (κ2) is 10.1. The van der Waals surface area contributed by atoms with Crippen molar-refractivity contribution in [3.63, 3.8) is 0 Å². The third-order valence-electron chi connectivity index (χ3n) is 3.28. The van der Waals surface area contributed by atoms with Gasteiger partial charge in [0.15, 0.2) is 16.8 Å². The summed E-state index contributed by atoms with van der Waals surface area (Å²) in [6, 6.07) is 0. The predicted octanol–water partition coefficient (Wildman–Crippen LogP) is 2.83. The molecule has 0 bridgehead atoms. The number of rotatable bonds is 6. The molecule has 2 rings (SSSR count). The van der Waals surface area contributed by atoms with E-state index in [1.54, 1.807) is 0 Å². The van der Waals surface area contributed by atoms with Gasteiger partial charge in [0.1, 0.15) is 0 Å². The molecule has 0 spiro atoms. The molecule has 0 fully saturated rings. The third-order valence-corrected chi connectivity index (χ3v) is 4.34. The van der Waals surface area contributed by atoms with E-state index < -0.39 is 11.9 Å². The Morgan fingerprint density at radius 3 is 2.59 bits per heavy atom. The van der Waals surface area contributed by atoms with Crippen LogP contribution >= 0.6 is 35.3 Å². The van der Waals surface area contributed by atoms with Crippen molar-refractivity contribution in [3.8, 4) is 0 Å². The van der Waals surface area contributed by atoms with Gasteiger partial charge in [-0.15, -0.1) is 35.3 Å². The maximum absolute atomic E-state index is 13.0. The first-order valence-electron chi connectivity index (χ1n) is 7.94. The van der Waals surface area contributed by atoms with Crippen LogP contribution in [-0.2, 0) is 26.3 Å². The molecule has 7 nitrogen and oxygen atoms in total. The maximum Gasteiger partial charge on any atom is 0.435 e. The Kier molecular flexibility index (Phi) is 8.78. The number of hydrogen-bond donors (Lipinski definition) is 2. The summed E-state index contributed by atoms with van der Waals surface area (Å²) >= 11 is 1.52. The number of halogens is 4. The van der Waals surface area contributed by atoms with Gasteiger partial charge in [-0.25, -0.2) is 9.98 Å². The number of aryl methyl sites for hydroxylation is 1. The molecule has 12 heteroatoms. The fourth-order valence-electron chi connectivity index (χ4n) is 2.16. The van der Waals surface area contributed by atoms with E-state index in [0.29, 0.717) is 19.0 Å². The minimum Gasteiger partial charge on any atom is -0.357 e. The van der Waals surface area contributed by atoms with Gasteiger partial charge >= 0.3 is 6.18 Å². The fraction of sp³-hybridized carbons (Fsp3) is 0.533. The minimum absolute atomic E-state index is 0. The molecular weight excluding hydrogens is 494 g/mol. The van der Waals surface area contributed by atoms with Crippen LogP contribution < -0.4 is 15.5 Å². The first-order chi connectivity index (χ1) is 12.2. The van der Waals surface area contributed by atoms with Crippen LogP contribution in [0, 0.1) is 0 Å². The van der Waals surface area contributed by atoms with E-state index in [2.05, 4.69) is 25.7 Å². The normalized spacial score (nSPS) is 11.9. The van der Waals surface area contributed by atoms with Gasteiger partial charge in [-0.1, -0.05) is 0 Å². The molecule has 2 aromatic heterocycles. The standard InChI is InChI=1S/C15H22F3N7S.HI/c1-5-19-13(21-7-11-9-26-14(22-11)24(2)3)20-6-10-8-25(4)23-12(10)15(16,17)18;/h8-9H,5-7H2,1-4H3,(H2,19,20,21);1H. The largest absolute Gasteiger partial charge is 0.435 e. The molecule has 2 aromatic rings. The van der Waals surface area contributed by atoms with Gasteiger partial charge in [-0.3, -0.25) is 4.68 Å². The lowest BCUT2D eigenvalue weighted by atomic mass is 10.2. The summed E-state index contributed by atoms with van der Waals surface area (Å²) in [7, 11) is 5.28. The van der Waals surface area contributed by atoms with Crippen molar-refractivity contribution in [2.45, 2.75) is 26.2 Å². The minimum atomic E-state index is -4.50. The summed E-state index contributed by atoms with van der Waals surface area (Å²) in [4.78, 5) is 10.6. The Morgan fingerprint density at radius 1 is 1.33 bits per heavy atom. The van der Waals surface area contributed by atoms with Crippen LogP contribution in [0.5, 0.6) is 0 Å². The van der Waals surface area contributed by atoms with E-state index in [-0.39, 0.29) is 36.1 Å². The molecule has 0 aromatic carbocycles. The summed E-state index contributed by atoms with van der Waals surface area (Å²) in [5.41, 5.74) is -0.0443. The number of anilines is 1. The molecule has 27 heavy (non-hydrogen) atoms. The summed E-state index contributed by atoms with van der Waals surface area (Å²) in [5.74, 6) is 0.420. The molecule has 0 aliphatic rings. The Bertz CT molecular complexity index is 755. The Hall–Kier alpha value is -1.57. The average Bonchev–Trinajstić information content (AvgIpc) is 3.16. The number of thiazole rings is 1. The van der Waals surface area contributed by atoms with Crippen molar-refractivity contribution in [3.05, 3.63) is 28.5 Å². The average molecular weight is 517 g/mol. The summed E-state index contributed by atoms with van der Waals surface area (Å²) in [5, 5.41) is 12.4. The smallest absolute Gasteiger partial charge is 0.357 e. The molecule has 0 amide bonds. The number of alkyl halides is 3. The summed E-state index contributed by atoms with van der Waals surface area (Å²) in [6.45, 7) is 2.77. The molecule has 0 atom stereocenters. The van der Waals surface area contributed by atoms with Crippen molar-refractivity contribution in [2.24, 2.45) is 12.0 Å². The van der Waals surface area contributed by atoms with Crippen LogP contribution in [0.1, 0.15) is 23.9 Å². The molecule has 2 heterocycles. The molecular formula is C15H23F3IN7S. The maximum atomic E-state index is 13.0. The van der Waals surface area contributed by atoms with Crippen LogP contribution in [0.4, 0.5) is 18.3 Å². The van der Waals surface area contributed by atoms with E-state index in [0.717, 1.165) is 15.5 Å². The van der Waals surface area contributed by atoms with E-state index >= 15 is 0 Å². The van der Waals surface area contributed by atoms with Crippen LogP contribution in [-0.4, -0.2) is 41.4 Å². The lowest BCUT2D eigenvalue weighted by Gasteiger charge is -2.11. The number of aromatic nitrogens is 3. The van der Waals surface area contributed by atoms with Crippen molar-refractivity contribution in [1.82, 2.24) is 25.4 Å². The van der Waals surface area contributed by atoms with Crippen LogP contribution in [0.3, 0.4) is 0 Å². The van der Waals surface area contributed by atoms with Gasteiger partial charge in [0.25, 0.3) is 0 Å². The van der Waals surface area contributed by atoms with Crippen LogP contribution in [0.25, 0.3) is 0 Å². The number of nitrogens with one attached hydrogen (secondary N) is 2. The van der Waals surface area contributed by atoms with Gasteiger partial charge in [0.05, 0.1) is 18.8 Å². The van der Waals surface area contributed by atoms with Crippen LogP contribution in [0.15, 0.2) is 16.6 Å². The fourth-order valence-corrected chi connectivity index (χ4v) is 2.91. The van der Waals surface area contributed by atoms with E-state index in [4.69, 9.17) is 0 Å². The number of nitrogens with zero attached hydrogens (tertiary/aromatic N) is 5. The molecule has 0 saturated carbocycles. The number of aliphatic imine (C=N–C) groups is 1. The Labute approximate surface area is 177 Å². The Balaban J connectivity index is 0.00000364. The monoisotopic (exact) mass is 517 g/mol. The van der Waals surface area contributed by atoms with Gasteiger partial charge in [-0.2, -0.15) is 18.3 Å². The molecule has 152 valence electrons. The highest BCUT2D eigenvalue weighted by Crippen LogP contribution is 2.30. The summed E-state index contributed by atoms with van der Waals surface area (Å²) < 4.78 is 40.2. The van der Waals surface area contributed by atoms with Gasteiger partial charge in [0, 0.05) is 44.8 Å². The number of guanidine groups is 1. The van der Waals surface area contributed by atoms with Gasteiger partial charge in [-0.05, 0) is 6.92 Å². The number of hydrogen-bond acceptors (Lipinski definition) is 5. The highest BCUT2D eigenvalue weighted by Gasteiger charge is 2.36. The zero-order valence-electron chi connectivity index (χ0n) is 15.5. The molecule has 2 N–H and O–H groups in total. The van der Waals surface area contributed by atoms with E-state index in [9.17, 15) is 13.2 Å². The van der Waals surface area contributed by atoms with Crippen molar-refractivity contribution in [1.29, 1.82) is 0 Å². The van der Waals surface area contributed by atoms with Crippen LogP contribution in [0.2, 0.25) is 0 Å². The second-order valence-corrected chi connectivity index (χ2v) is 6.58. The second-order valence-electron chi connectivity index (χ2n) is 5.74. The Morgan fingerprint density at radius 2 is 2.04 bits per heavy atom. The molecule has 0 aliphatic heterocycles. The predicted molar refractivity (Wildman–Crippen MR) is 112 cm³/mol. The van der Waals surface area contributed by atoms with Gasteiger partial charge < -0.3 is 15.5 Å². The van der Waals surface area contributed by atoms with Crippen molar-refractivity contribution in [2.75, 3.05) is 25.5 Å². The highest BCUT2D eigenvalue weighted by molar-refractivity contribution is 14.0. The lowest BCUT2D eigenvalue weighted by molar-refractivity contribution is -0.142.